The van der Waals surface area contributed by atoms with Gasteiger partial charge in [-0.25, -0.2) is 8.42 Å². The first kappa shape index (κ1) is 24.7. The highest BCUT2D eigenvalue weighted by atomic mass is 35.5. The number of nitrogens with zero attached hydrogens (tertiary/aromatic N) is 1. The molecule has 0 saturated carbocycles. The Labute approximate surface area is 202 Å². The van der Waals surface area contributed by atoms with E-state index >= 15 is 0 Å². The Morgan fingerprint density at radius 3 is 1.79 bits per heavy atom. The average molecular weight is 506 g/mol. The van der Waals surface area contributed by atoms with Crippen molar-refractivity contribution in [2.24, 2.45) is 0 Å². The van der Waals surface area contributed by atoms with Gasteiger partial charge in [0.25, 0.3) is 0 Å². The molecule has 3 aromatic carbocycles. The molecule has 0 saturated heterocycles. The number of carbonyl (C=O) groups excluding carboxylic acids is 2. The number of benzene rings is 3. The third kappa shape index (κ3) is 7.03. The molecule has 3 aromatic rings. The Morgan fingerprint density at radius 1 is 0.788 bits per heavy atom. The lowest BCUT2D eigenvalue weighted by Gasteiger charge is -2.22. The molecule has 0 unspecified atom stereocenters. The Morgan fingerprint density at radius 2 is 1.27 bits per heavy atom. The number of hydrogen-bond donors (Lipinski definition) is 2. The fourth-order valence-corrected chi connectivity index (χ4v) is 4.61. The van der Waals surface area contributed by atoms with Crippen LogP contribution in [0.1, 0.15) is 12.5 Å². The van der Waals surface area contributed by atoms with E-state index < -0.39 is 22.5 Å². The number of amides is 2. The molecular formula is C23H21Cl2N3O4S. The predicted molar refractivity (Wildman–Crippen MR) is 130 cm³/mol. The molecule has 0 fully saturated rings. The van der Waals surface area contributed by atoms with Crippen LogP contribution >= 0.6 is 23.2 Å². The van der Waals surface area contributed by atoms with Gasteiger partial charge in [0.2, 0.25) is 21.8 Å². The van der Waals surface area contributed by atoms with Gasteiger partial charge in [-0.3, -0.25) is 9.59 Å². The Kier molecular flexibility index (Phi) is 8.10. The number of halogens is 2. The van der Waals surface area contributed by atoms with Gasteiger partial charge in [0.1, 0.15) is 0 Å². The highest BCUT2D eigenvalue weighted by molar-refractivity contribution is 7.89. The maximum absolute atomic E-state index is 13.3. The van der Waals surface area contributed by atoms with Gasteiger partial charge < -0.3 is 10.6 Å². The maximum atomic E-state index is 13.3. The number of hydrogen-bond acceptors (Lipinski definition) is 4. The normalized spacial score (nSPS) is 11.3. The molecule has 2 N–H and O–H groups in total. The van der Waals surface area contributed by atoms with Crippen LogP contribution in [0.5, 0.6) is 0 Å². The molecule has 33 heavy (non-hydrogen) atoms. The third-order valence-electron chi connectivity index (χ3n) is 4.53. The summed E-state index contributed by atoms with van der Waals surface area (Å²) in [6.07, 6.45) is 0. The Hall–Kier alpha value is -2.91. The van der Waals surface area contributed by atoms with Gasteiger partial charge in [-0.1, -0.05) is 35.3 Å². The van der Waals surface area contributed by atoms with Crippen molar-refractivity contribution in [2.75, 3.05) is 17.2 Å². The fourth-order valence-electron chi connectivity index (χ4n) is 2.98. The molecule has 0 aliphatic rings. The van der Waals surface area contributed by atoms with Gasteiger partial charge in [-0.2, -0.15) is 4.31 Å². The summed E-state index contributed by atoms with van der Waals surface area (Å²) >= 11 is 11.8. The summed E-state index contributed by atoms with van der Waals surface area (Å²) < 4.78 is 27.7. The van der Waals surface area contributed by atoms with E-state index in [4.69, 9.17) is 23.2 Å². The van der Waals surface area contributed by atoms with Crippen molar-refractivity contribution in [1.82, 2.24) is 4.31 Å². The Balaban J connectivity index is 1.81. The second-order valence-electron chi connectivity index (χ2n) is 7.16. The topological polar surface area (TPSA) is 95.6 Å². The van der Waals surface area contributed by atoms with Crippen molar-refractivity contribution in [3.63, 3.8) is 0 Å². The van der Waals surface area contributed by atoms with Crippen molar-refractivity contribution >= 4 is 56.4 Å². The first-order valence-corrected chi connectivity index (χ1v) is 12.0. The van der Waals surface area contributed by atoms with Crippen LogP contribution in [-0.4, -0.2) is 31.1 Å². The fraction of sp³-hybridized carbons (Fsp3) is 0.130. The lowest BCUT2D eigenvalue weighted by atomic mass is 10.2. The van der Waals surface area contributed by atoms with Crippen LogP contribution < -0.4 is 10.6 Å². The third-order valence-corrected chi connectivity index (χ3v) is 6.84. The van der Waals surface area contributed by atoms with Crippen molar-refractivity contribution in [2.45, 2.75) is 18.4 Å². The van der Waals surface area contributed by atoms with Crippen LogP contribution in [0.3, 0.4) is 0 Å². The Bertz CT molecular complexity index is 1230. The first-order valence-electron chi connectivity index (χ1n) is 9.81. The smallest absolute Gasteiger partial charge is 0.243 e. The van der Waals surface area contributed by atoms with Gasteiger partial charge >= 0.3 is 0 Å². The van der Waals surface area contributed by atoms with Crippen LogP contribution in [0.2, 0.25) is 10.0 Å². The number of nitrogens with one attached hydrogen (secondary N) is 2. The molecule has 0 aromatic heterocycles. The second-order valence-corrected chi connectivity index (χ2v) is 9.97. The molecule has 0 aliphatic carbocycles. The average Bonchev–Trinajstić information content (AvgIpc) is 2.76. The minimum Gasteiger partial charge on any atom is -0.326 e. The minimum atomic E-state index is -4.00. The lowest BCUT2D eigenvalue weighted by Crippen LogP contribution is -2.37. The van der Waals surface area contributed by atoms with Crippen molar-refractivity contribution in [1.29, 1.82) is 0 Å². The van der Waals surface area contributed by atoms with Gasteiger partial charge in [-0.05, 0) is 66.2 Å². The summed E-state index contributed by atoms with van der Waals surface area (Å²) in [5, 5.41) is 6.23. The van der Waals surface area contributed by atoms with Crippen molar-refractivity contribution in [3.05, 3.63) is 88.4 Å². The number of rotatable bonds is 8. The standard InChI is InChI=1S/C23H21Cl2N3O4S/c1-16(29)26-20-8-10-21(11-9-20)27-23(30)15-28(14-17-2-4-18(24)5-3-17)33(31,32)22-12-6-19(25)7-13-22/h2-13H,14-15H2,1H3,(H,26,29)(H,27,30). The molecule has 0 bridgehead atoms. The molecule has 172 valence electrons. The maximum Gasteiger partial charge on any atom is 0.243 e. The second kappa shape index (κ2) is 10.8. The SMILES string of the molecule is CC(=O)Nc1ccc(NC(=O)CN(Cc2ccc(Cl)cc2)S(=O)(=O)c2ccc(Cl)cc2)cc1. The van der Waals surface area contributed by atoms with E-state index in [2.05, 4.69) is 10.6 Å². The van der Waals surface area contributed by atoms with Crippen LogP contribution in [0, 0.1) is 0 Å². The van der Waals surface area contributed by atoms with E-state index in [1.807, 2.05) is 0 Å². The molecule has 0 heterocycles. The summed E-state index contributed by atoms with van der Waals surface area (Å²) in [5.41, 5.74) is 1.71. The van der Waals surface area contributed by atoms with Gasteiger partial charge in [-0.15, -0.1) is 0 Å². The summed E-state index contributed by atoms with van der Waals surface area (Å²) in [4.78, 5) is 23.9. The van der Waals surface area contributed by atoms with Gasteiger partial charge in [0.05, 0.1) is 11.4 Å². The predicted octanol–water partition coefficient (Wildman–Crippen LogP) is 4.78. The summed E-state index contributed by atoms with van der Waals surface area (Å²) in [6.45, 7) is 0.949. The largest absolute Gasteiger partial charge is 0.326 e. The van der Waals surface area contributed by atoms with Crippen LogP contribution in [0.4, 0.5) is 11.4 Å². The van der Waals surface area contributed by atoms with Gasteiger partial charge in [0, 0.05) is 34.9 Å². The highest BCUT2D eigenvalue weighted by Gasteiger charge is 2.27. The number of sulfonamides is 1. The molecule has 0 radical (unpaired) electrons. The van der Waals surface area contributed by atoms with Crippen LogP contribution in [0.25, 0.3) is 0 Å². The monoisotopic (exact) mass is 505 g/mol. The zero-order chi connectivity index (χ0) is 24.0. The minimum absolute atomic E-state index is 0.0216. The van der Waals surface area contributed by atoms with Crippen LogP contribution in [0.15, 0.2) is 77.7 Å². The zero-order valence-electron chi connectivity index (χ0n) is 17.6. The molecular weight excluding hydrogens is 485 g/mol. The number of anilines is 2. The zero-order valence-corrected chi connectivity index (χ0v) is 19.9. The lowest BCUT2D eigenvalue weighted by molar-refractivity contribution is -0.116. The molecule has 3 rings (SSSR count). The summed E-state index contributed by atoms with van der Waals surface area (Å²) in [5.74, 6) is -0.731. The molecule has 0 aliphatic heterocycles. The quantitative estimate of drug-likeness (QED) is 0.460. The van der Waals surface area contributed by atoms with Crippen molar-refractivity contribution in [3.8, 4) is 0 Å². The van der Waals surface area contributed by atoms with Crippen LogP contribution in [-0.2, 0) is 26.2 Å². The van der Waals surface area contributed by atoms with E-state index in [1.165, 1.54) is 31.2 Å². The van der Waals surface area contributed by atoms with E-state index in [1.54, 1.807) is 48.5 Å². The molecule has 10 heteroatoms. The molecule has 0 atom stereocenters. The van der Waals surface area contributed by atoms with E-state index in [9.17, 15) is 18.0 Å². The highest BCUT2D eigenvalue weighted by Crippen LogP contribution is 2.22. The first-order chi connectivity index (χ1) is 15.6. The van der Waals surface area contributed by atoms with E-state index in [-0.39, 0.29) is 17.3 Å². The molecule has 7 nitrogen and oxygen atoms in total. The van der Waals surface area contributed by atoms with E-state index in [0.29, 0.717) is 27.0 Å². The molecule has 2 amide bonds. The number of carbonyl (C=O) groups is 2. The summed E-state index contributed by atoms with van der Waals surface area (Å²) in [6, 6.07) is 18.9. The van der Waals surface area contributed by atoms with E-state index in [0.717, 1.165) is 4.31 Å². The van der Waals surface area contributed by atoms with Crippen molar-refractivity contribution < 1.29 is 18.0 Å². The summed E-state index contributed by atoms with van der Waals surface area (Å²) in [7, 11) is -4.00. The molecule has 0 spiro atoms. The van der Waals surface area contributed by atoms with Gasteiger partial charge in [0.15, 0.2) is 0 Å².